The number of thiazole rings is 1. The fraction of sp³-hybridized carbons (Fsp3) is 0.0500. The topological polar surface area (TPSA) is 103 Å². The summed E-state index contributed by atoms with van der Waals surface area (Å²) in [6.45, 7) is 1.78. The second kappa shape index (κ2) is 8.05. The lowest BCUT2D eigenvalue weighted by Gasteiger charge is -2.07. The molecule has 150 valence electrons. The number of aromatic nitrogens is 3. The molecule has 0 radical (unpaired) electrons. The van der Waals surface area contributed by atoms with E-state index in [1.165, 1.54) is 34.2 Å². The first-order valence-corrected chi connectivity index (χ1v) is 10.0. The van der Waals surface area contributed by atoms with Crippen molar-refractivity contribution in [2.45, 2.75) is 6.92 Å². The van der Waals surface area contributed by atoms with Crippen molar-refractivity contribution in [1.82, 2.24) is 14.8 Å². The monoisotopic (exact) mass is 439 g/mol. The van der Waals surface area contributed by atoms with Gasteiger partial charge in [0.2, 0.25) is 5.13 Å². The maximum atomic E-state index is 12.8. The van der Waals surface area contributed by atoms with Crippen LogP contribution in [0.5, 0.6) is 0 Å². The zero-order valence-electron chi connectivity index (χ0n) is 15.6. The fourth-order valence-corrected chi connectivity index (χ4v) is 3.84. The molecule has 2 heterocycles. The van der Waals surface area contributed by atoms with E-state index in [0.29, 0.717) is 16.6 Å². The van der Waals surface area contributed by atoms with Crippen LogP contribution in [-0.2, 0) is 0 Å². The number of hydrogen-bond acceptors (Lipinski definition) is 6. The third kappa shape index (κ3) is 3.93. The first-order chi connectivity index (χ1) is 14.4. The van der Waals surface area contributed by atoms with Crippen molar-refractivity contribution in [3.63, 3.8) is 0 Å². The molecule has 1 N–H and O–H groups in total. The van der Waals surface area contributed by atoms with E-state index < -0.39 is 10.8 Å². The quantitative estimate of drug-likeness (QED) is 0.343. The number of rotatable bonds is 5. The molecule has 30 heavy (non-hydrogen) atoms. The van der Waals surface area contributed by atoms with Crippen molar-refractivity contribution in [2.24, 2.45) is 0 Å². The number of anilines is 1. The van der Waals surface area contributed by atoms with Crippen molar-refractivity contribution in [1.29, 1.82) is 0 Å². The van der Waals surface area contributed by atoms with Crippen molar-refractivity contribution in [3.8, 4) is 16.4 Å². The van der Waals surface area contributed by atoms with Gasteiger partial charge >= 0.3 is 0 Å². The number of nitro benzene ring substituents is 1. The molecule has 1 amide bonds. The second-order valence-corrected chi connectivity index (χ2v) is 7.61. The number of nitro groups is 1. The standard InChI is InChI=1S/C20H14ClN5O3S/c1-12-9-18(23-19(27)15-10-14(21)7-8-17(15)26(28)29)25(24-12)20-22-16(11-30-20)13-5-3-2-4-6-13/h2-11H,1H3,(H,23,27). The minimum absolute atomic E-state index is 0.137. The Kier molecular flexibility index (Phi) is 5.30. The Bertz CT molecular complexity index is 1250. The maximum Gasteiger partial charge on any atom is 0.282 e. The van der Waals surface area contributed by atoms with E-state index in [2.05, 4.69) is 15.4 Å². The predicted octanol–water partition coefficient (Wildman–Crippen LogP) is 5.12. The molecule has 0 saturated heterocycles. The molecule has 10 heteroatoms. The SMILES string of the molecule is Cc1cc(NC(=O)c2cc(Cl)ccc2[N+](=O)[O-])n(-c2nc(-c3ccccc3)cs2)n1. The highest BCUT2D eigenvalue weighted by atomic mass is 35.5. The van der Waals surface area contributed by atoms with Gasteiger partial charge in [0, 0.05) is 28.1 Å². The molecule has 2 aromatic carbocycles. The van der Waals surface area contributed by atoms with Crippen molar-refractivity contribution in [2.75, 3.05) is 5.32 Å². The van der Waals surface area contributed by atoms with Gasteiger partial charge in [0.15, 0.2) is 0 Å². The number of halogens is 1. The van der Waals surface area contributed by atoms with Gasteiger partial charge in [0.05, 0.1) is 16.3 Å². The van der Waals surface area contributed by atoms with Crippen LogP contribution in [0.1, 0.15) is 16.1 Å². The molecule has 0 aliphatic heterocycles. The smallest absolute Gasteiger partial charge is 0.282 e. The van der Waals surface area contributed by atoms with E-state index in [-0.39, 0.29) is 16.3 Å². The number of amides is 1. The summed E-state index contributed by atoms with van der Waals surface area (Å²) < 4.78 is 1.50. The molecule has 0 atom stereocenters. The lowest BCUT2D eigenvalue weighted by molar-refractivity contribution is -0.385. The van der Waals surface area contributed by atoms with E-state index in [0.717, 1.165) is 11.3 Å². The number of carbonyl (C=O) groups excluding carboxylic acids is 1. The van der Waals surface area contributed by atoms with E-state index in [9.17, 15) is 14.9 Å². The number of nitrogens with one attached hydrogen (secondary N) is 1. The molecule has 4 rings (SSSR count). The van der Waals surface area contributed by atoms with Crippen molar-refractivity contribution in [3.05, 3.63) is 86.4 Å². The molecule has 2 aromatic heterocycles. The molecule has 0 spiro atoms. The molecular formula is C20H14ClN5O3S. The van der Waals surface area contributed by atoms with Gasteiger partial charge in [-0.2, -0.15) is 9.78 Å². The molecule has 0 bridgehead atoms. The lowest BCUT2D eigenvalue weighted by Crippen LogP contribution is -2.16. The van der Waals surface area contributed by atoms with Gasteiger partial charge in [0.25, 0.3) is 11.6 Å². The van der Waals surface area contributed by atoms with Crippen LogP contribution in [0.4, 0.5) is 11.5 Å². The van der Waals surface area contributed by atoms with Crippen LogP contribution < -0.4 is 5.32 Å². The Morgan fingerprint density at radius 2 is 1.97 bits per heavy atom. The summed E-state index contributed by atoms with van der Waals surface area (Å²) in [5.74, 6) is -0.314. The maximum absolute atomic E-state index is 12.8. The van der Waals surface area contributed by atoms with Crippen molar-refractivity contribution >= 4 is 40.4 Å². The zero-order chi connectivity index (χ0) is 21.3. The highest BCUT2D eigenvalue weighted by molar-refractivity contribution is 7.12. The highest BCUT2D eigenvalue weighted by Gasteiger charge is 2.22. The number of nitrogens with zero attached hydrogens (tertiary/aromatic N) is 4. The van der Waals surface area contributed by atoms with Crippen molar-refractivity contribution < 1.29 is 9.72 Å². The van der Waals surface area contributed by atoms with Crippen LogP contribution in [-0.4, -0.2) is 25.6 Å². The molecular weight excluding hydrogens is 426 g/mol. The van der Waals surface area contributed by atoms with E-state index in [4.69, 9.17) is 11.6 Å². The third-order valence-corrected chi connectivity index (χ3v) is 5.27. The van der Waals surface area contributed by atoms with Gasteiger partial charge < -0.3 is 5.32 Å². The minimum Gasteiger partial charge on any atom is -0.306 e. The fourth-order valence-electron chi connectivity index (χ4n) is 2.87. The first kappa shape index (κ1) is 19.7. The Balaban J connectivity index is 1.67. The van der Waals surface area contributed by atoms with Crippen LogP contribution in [0.25, 0.3) is 16.4 Å². The molecule has 0 saturated carbocycles. The van der Waals surface area contributed by atoms with E-state index in [1.54, 1.807) is 13.0 Å². The summed E-state index contributed by atoms with van der Waals surface area (Å²) in [5.41, 5.74) is 1.93. The molecule has 8 nitrogen and oxygen atoms in total. The third-order valence-electron chi connectivity index (χ3n) is 4.22. The van der Waals surface area contributed by atoms with Gasteiger partial charge in [-0.25, -0.2) is 4.98 Å². The van der Waals surface area contributed by atoms with Crippen LogP contribution in [0.15, 0.2) is 60.0 Å². The summed E-state index contributed by atoms with van der Waals surface area (Å²) in [4.78, 5) is 28.0. The largest absolute Gasteiger partial charge is 0.306 e. The molecule has 0 aliphatic rings. The van der Waals surface area contributed by atoms with Gasteiger partial charge in [-0.15, -0.1) is 11.3 Å². The Labute approximate surface area is 179 Å². The molecule has 0 fully saturated rings. The predicted molar refractivity (Wildman–Crippen MR) is 115 cm³/mol. The average Bonchev–Trinajstić information content (AvgIpc) is 3.35. The van der Waals surface area contributed by atoms with Gasteiger partial charge in [-0.3, -0.25) is 14.9 Å². The van der Waals surface area contributed by atoms with Crippen LogP contribution in [0, 0.1) is 17.0 Å². The van der Waals surface area contributed by atoms with E-state index in [1.807, 2.05) is 35.7 Å². The Morgan fingerprint density at radius 1 is 1.20 bits per heavy atom. The van der Waals surface area contributed by atoms with E-state index >= 15 is 0 Å². The average molecular weight is 440 g/mol. The lowest BCUT2D eigenvalue weighted by atomic mass is 10.1. The second-order valence-electron chi connectivity index (χ2n) is 6.34. The number of hydrogen-bond donors (Lipinski definition) is 1. The molecule has 0 unspecified atom stereocenters. The van der Waals surface area contributed by atoms with Crippen LogP contribution in [0.2, 0.25) is 5.02 Å². The number of benzene rings is 2. The van der Waals surface area contributed by atoms with Gasteiger partial charge in [-0.1, -0.05) is 41.9 Å². The molecule has 0 aliphatic carbocycles. The van der Waals surface area contributed by atoms with Gasteiger partial charge in [-0.05, 0) is 19.1 Å². The summed E-state index contributed by atoms with van der Waals surface area (Å²) in [7, 11) is 0. The number of carbonyl (C=O) groups is 1. The Hall–Kier alpha value is -3.56. The van der Waals surface area contributed by atoms with Crippen LogP contribution in [0.3, 0.4) is 0 Å². The molecule has 4 aromatic rings. The normalized spacial score (nSPS) is 10.7. The zero-order valence-corrected chi connectivity index (χ0v) is 17.1. The Morgan fingerprint density at radius 3 is 2.70 bits per heavy atom. The summed E-state index contributed by atoms with van der Waals surface area (Å²) in [6.07, 6.45) is 0. The highest BCUT2D eigenvalue weighted by Crippen LogP contribution is 2.28. The minimum atomic E-state index is -0.662. The summed E-state index contributed by atoms with van der Waals surface area (Å²) in [5, 5.41) is 21.0. The first-order valence-electron chi connectivity index (χ1n) is 8.75. The van der Waals surface area contributed by atoms with Gasteiger partial charge in [0.1, 0.15) is 11.4 Å². The summed E-state index contributed by atoms with van der Waals surface area (Å²) >= 11 is 7.30. The summed E-state index contributed by atoms with van der Waals surface area (Å²) in [6, 6.07) is 15.2. The van der Waals surface area contributed by atoms with Crippen LogP contribution >= 0.6 is 22.9 Å². The number of aryl methyl sites for hydroxylation is 1.